The third-order valence-corrected chi connectivity index (χ3v) is 3.03. The summed E-state index contributed by atoms with van der Waals surface area (Å²) >= 11 is 0. The predicted octanol–water partition coefficient (Wildman–Crippen LogP) is 1.82. The quantitative estimate of drug-likeness (QED) is 0.843. The van der Waals surface area contributed by atoms with E-state index in [1.165, 1.54) is 0 Å². The molecule has 0 aromatic carbocycles. The lowest BCUT2D eigenvalue weighted by molar-refractivity contribution is 0.0950. The van der Waals surface area contributed by atoms with Crippen molar-refractivity contribution in [3.8, 4) is 0 Å². The van der Waals surface area contributed by atoms with Gasteiger partial charge in [0, 0.05) is 25.3 Å². The summed E-state index contributed by atoms with van der Waals surface area (Å²) in [5.41, 5.74) is 1.67. The van der Waals surface area contributed by atoms with Crippen molar-refractivity contribution in [2.75, 3.05) is 18.0 Å². The highest BCUT2D eigenvalue weighted by Crippen LogP contribution is 2.20. The first kappa shape index (κ1) is 11.9. The van der Waals surface area contributed by atoms with Gasteiger partial charge in [-0.25, -0.2) is 0 Å². The number of hydrogen-bond donors (Lipinski definition) is 1. The Labute approximate surface area is 102 Å². The highest BCUT2D eigenvalue weighted by molar-refractivity contribution is 5.95. The van der Waals surface area contributed by atoms with Crippen LogP contribution in [0, 0.1) is 0 Å². The van der Waals surface area contributed by atoms with Gasteiger partial charge < -0.3 is 10.2 Å². The third kappa shape index (κ3) is 2.96. The lowest BCUT2D eigenvalue weighted by atomic mass is 10.2. The Kier molecular flexibility index (Phi) is 3.61. The van der Waals surface area contributed by atoms with Gasteiger partial charge in [-0.2, -0.15) is 0 Å². The normalized spacial score (nSPS) is 14.5. The Morgan fingerprint density at radius 3 is 2.71 bits per heavy atom. The fourth-order valence-corrected chi connectivity index (χ4v) is 1.81. The van der Waals surface area contributed by atoms with Crippen LogP contribution in [0.3, 0.4) is 0 Å². The highest BCUT2D eigenvalue weighted by atomic mass is 16.1. The van der Waals surface area contributed by atoms with Gasteiger partial charge in [0.2, 0.25) is 0 Å². The second-order valence-electron chi connectivity index (χ2n) is 4.35. The van der Waals surface area contributed by atoms with Crippen LogP contribution in [0.25, 0.3) is 0 Å². The molecule has 4 nitrogen and oxygen atoms in total. The van der Waals surface area contributed by atoms with Crippen LogP contribution in [0.4, 0.5) is 5.69 Å². The van der Waals surface area contributed by atoms with Crippen molar-refractivity contribution in [2.45, 2.75) is 32.7 Å². The summed E-state index contributed by atoms with van der Waals surface area (Å²) in [4.78, 5) is 18.2. The standard InChI is InChI=1S/C13H19N3O/c1-3-16(4-2)12-7-10(8-14-9-12)13(17)15-11-5-6-11/h7-9,11H,3-6H2,1-2H3,(H,15,17). The molecule has 0 unspecified atom stereocenters. The van der Waals surface area contributed by atoms with Gasteiger partial charge in [0.25, 0.3) is 5.91 Å². The summed E-state index contributed by atoms with van der Waals surface area (Å²) in [6, 6.07) is 2.30. The van der Waals surface area contributed by atoms with Crippen LogP contribution in [0.15, 0.2) is 18.5 Å². The number of nitrogens with one attached hydrogen (secondary N) is 1. The third-order valence-electron chi connectivity index (χ3n) is 3.03. The molecule has 1 heterocycles. The van der Waals surface area contributed by atoms with E-state index < -0.39 is 0 Å². The van der Waals surface area contributed by atoms with E-state index in [4.69, 9.17) is 0 Å². The molecule has 0 aliphatic heterocycles. The molecule has 0 saturated heterocycles. The number of carbonyl (C=O) groups is 1. The van der Waals surface area contributed by atoms with Gasteiger partial charge in [-0.15, -0.1) is 0 Å². The van der Waals surface area contributed by atoms with E-state index in [1.807, 2.05) is 6.07 Å². The summed E-state index contributed by atoms with van der Waals surface area (Å²) < 4.78 is 0. The number of anilines is 1. The molecule has 92 valence electrons. The highest BCUT2D eigenvalue weighted by Gasteiger charge is 2.24. The summed E-state index contributed by atoms with van der Waals surface area (Å²) in [6.45, 7) is 6.04. The Bertz CT molecular complexity index is 397. The predicted molar refractivity (Wildman–Crippen MR) is 68.3 cm³/mol. The number of nitrogens with zero attached hydrogens (tertiary/aromatic N) is 2. The maximum absolute atomic E-state index is 11.9. The van der Waals surface area contributed by atoms with Crippen LogP contribution in [0.5, 0.6) is 0 Å². The minimum absolute atomic E-state index is 0.00555. The molecule has 1 aromatic rings. The molecule has 1 fully saturated rings. The molecule has 17 heavy (non-hydrogen) atoms. The molecule has 1 saturated carbocycles. The van der Waals surface area contributed by atoms with Crippen molar-refractivity contribution >= 4 is 11.6 Å². The average molecular weight is 233 g/mol. The number of hydrogen-bond acceptors (Lipinski definition) is 3. The maximum atomic E-state index is 11.9. The first-order chi connectivity index (χ1) is 8.24. The molecule has 1 amide bonds. The van der Waals surface area contributed by atoms with Gasteiger partial charge in [0.05, 0.1) is 17.4 Å². The van der Waals surface area contributed by atoms with E-state index in [9.17, 15) is 4.79 Å². The number of aromatic nitrogens is 1. The van der Waals surface area contributed by atoms with Crippen LogP contribution in [0.2, 0.25) is 0 Å². The zero-order valence-corrected chi connectivity index (χ0v) is 10.4. The smallest absolute Gasteiger partial charge is 0.253 e. The Balaban J connectivity index is 2.11. The fourth-order valence-electron chi connectivity index (χ4n) is 1.81. The lowest BCUT2D eigenvalue weighted by Crippen LogP contribution is -2.26. The first-order valence-electron chi connectivity index (χ1n) is 6.25. The SMILES string of the molecule is CCN(CC)c1cncc(C(=O)NC2CC2)c1. The zero-order valence-electron chi connectivity index (χ0n) is 10.4. The van der Waals surface area contributed by atoms with E-state index in [2.05, 4.69) is 29.0 Å². The fraction of sp³-hybridized carbons (Fsp3) is 0.538. The van der Waals surface area contributed by atoms with Crippen molar-refractivity contribution in [3.63, 3.8) is 0 Å². The summed E-state index contributed by atoms with van der Waals surface area (Å²) in [6.07, 6.45) is 5.65. The first-order valence-corrected chi connectivity index (χ1v) is 6.25. The monoisotopic (exact) mass is 233 g/mol. The van der Waals surface area contributed by atoms with Crippen LogP contribution in [-0.2, 0) is 0 Å². The van der Waals surface area contributed by atoms with Crippen molar-refractivity contribution in [3.05, 3.63) is 24.0 Å². The Hall–Kier alpha value is -1.58. The molecule has 4 heteroatoms. The number of rotatable bonds is 5. The van der Waals surface area contributed by atoms with Gasteiger partial charge in [-0.05, 0) is 32.8 Å². The average Bonchev–Trinajstić information content (AvgIpc) is 3.15. The van der Waals surface area contributed by atoms with Crippen molar-refractivity contribution in [2.24, 2.45) is 0 Å². The molecular weight excluding hydrogens is 214 g/mol. The van der Waals surface area contributed by atoms with Gasteiger partial charge in [-0.1, -0.05) is 0 Å². The molecule has 1 aliphatic rings. The van der Waals surface area contributed by atoms with E-state index in [0.717, 1.165) is 31.6 Å². The molecule has 0 atom stereocenters. The number of carbonyl (C=O) groups excluding carboxylic acids is 1. The number of amides is 1. The molecule has 1 N–H and O–H groups in total. The van der Waals surface area contributed by atoms with Gasteiger partial charge in [0.1, 0.15) is 0 Å². The topological polar surface area (TPSA) is 45.2 Å². The Morgan fingerprint density at radius 2 is 2.12 bits per heavy atom. The minimum Gasteiger partial charge on any atom is -0.371 e. The minimum atomic E-state index is -0.00555. The van der Waals surface area contributed by atoms with Crippen LogP contribution >= 0.6 is 0 Å². The summed E-state index contributed by atoms with van der Waals surface area (Å²) in [7, 11) is 0. The largest absolute Gasteiger partial charge is 0.371 e. The maximum Gasteiger partial charge on any atom is 0.253 e. The van der Waals surface area contributed by atoms with E-state index in [-0.39, 0.29) is 5.91 Å². The van der Waals surface area contributed by atoms with Crippen molar-refractivity contribution in [1.29, 1.82) is 0 Å². The van der Waals surface area contributed by atoms with Crippen molar-refractivity contribution < 1.29 is 4.79 Å². The van der Waals surface area contributed by atoms with E-state index in [0.29, 0.717) is 11.6 Å². The van der Waals surface area contributed by atoms with Crippen molar-refractivity contribution in [1.82, 2.24) is 10.3 Å². The molecule has 0 bridgehead atoms. The molecule has 1 aromatic heterocycles. The molecule has 1 aliphatic carbocycles. The molecule has 0 radical (unpaired) electrons. The summed E-state index contributed by atoms with van der Waals surface area (Å²) in [5.74, 6) is -0.00555. The van der Waals surface area contributed by atoms with Crippen LogP contribution in [0.1, 0.15) is 37.0 Å². The van der Waals surface area contributed by atoms with Crippen LogP contribution < -0.4 is 10.2 Å². The molecule has 0 spiro atoms. The zero-order chi connectivity index (χ0) is 12.3. The van der Waals surface area contributed by atoms with Gasteiger partial charge >= 0.3 is 0 Å². The molecule has 2 rings (SSSR count). The van der Waals surface area contributed by atoms with E-state index >= 15 is 0 Å². The van der Waals surface area contributed by atoms with Gasteiger partial charge in [-0.3, -0.25) is 9.78 Å². The molecular formula is C13H19N3O. The Morgan fingerprint density at radius 1 is 1.41 bits per heavy atom. The van der Waals surface area contributed by atoms with Crippen LogP contribution in [-0.4, -0.2) is 30.0 Å². The summed E-state index contributed by atoms with van der Waals surface area (Å²) in [5, 5.41) is 2.97. The second kappa shape index (κ2) is 5.17. The lowest BCUT2D eigenvalue weighted by Gasteiger charge is -2.20. The second-order valence-corrected chi connectivity index (χ2v) is 4.35. The van der Waals surface area contributed by atoms with E-state index in [1.54, 1.807) is 12.4 Å². The van der Waals surface area contributed by atoms with Gasteiger partial charge in [0.15, 0.2) is 0 Å². The number of pyridine rings is 1.